The van der Waals surface area contributed by atoms with Gasteiger partial charge >= 0.3 is 0 Å². The summed E-state index contributed by atoms with van der Waals surface area (Å²) >= 11 is 1.27. The van der Waals surface area contributed by atoms with Gasteiger partial charge in [0.05, 0.1) is 17.0 Å². The Bertz CT molecular complexity index is 1550. The number of carbonyl (C=O) groups excluding carboxylic acids is 1. The van der Waals surface area contributed by atoms with Crippen LogP contribution in [-0.4, -0.2) is 26.1 Å². The number of anilines is 1. The molecule has 1 aromatic heterocycles. The molecule has 3 aromatic carbocycles. The number of amides is 1. The van der Waals surface area contributed by atoms with Crippen LogP contribution in [-0.2, 0) is 10.7 Å². The summed E-state index contributed by atoms with van der Waals surface area (Å²) in [4.78, 5) is 32.6. The number of hydrogen-bond donors (Lipinski definition) is 0. The zero-order valence-electron chi connectivity index (χ0n) is 20.3. The first-order valence-electron chi connectivity index (χ1n) is 11.7. The van der Waals surface area contributed by atoms with Crippen LogP contribution in [0.25, 0.3) is 17.0 Å². The van der Waals surface area contributed by atoms with Gasteiger partial charge in [-0.1, -0.05) is 84.9 Å². The summed E-state index contributed by atoms with van der Waals surface area (Å²) < 4.78 is 1.29. The van der Waals surface area contributed by atoms with Crippen LogP contribution in [0.15, 0.2) is 88.3 Å². The molecule has 0 atom stereocenters. The fraction of sp³-hybridized carbons (Fsp3) is 0.179. The average molecular weight is 496 g/mol. The molecule has 0 aliphatic carbocycles. The van der Waals surface area contributed by atoms with E-state index in [1.807, 2.05) is 49.4 Å². The van der Waals surface area contributed by atoms with Crippen molar-refractivity contribution in [1.82, 2.24) is 15.0 Å². The van der Waals surface area contributed by atoms with E-state index in [0.29, 0.717) is 33.4 Å². The molecule has 8 heteroatoms. The molecule has 0 saturated carbocycles. The average Bonchev–Trinajstić information content (AvgIpc) is 3.19. The van der Waals surface area contributed by atoms with Gasteiger partial charge in [-0.05, 0) is 54.3 Å². The number of aryl methyl sites for hydroxylation is 1. The molecular weight excluding hydrogens is 470 g/mol. The van der Waals surface area contributed by atoms with Gasteiger partial charge < -0.3 is 0 Å². The van der Waals surface area contributed by atoms with Crippen molar-refractivity contribution >= 4 is 45.5 Å². The van der Waals surface area contributed by atoms with E-state index in [1.54, 1.807) is 29.2 Å². The van der Waals surface area contributed by atoms with Gasteiger partial charge in [-0.2, -0.15) is 4.68 Å². The van der Waals surface area contributed by atoms with E-state index < -0.39 is 0 Å². The summed E-state index contributed by atoms with van der Waals surface area (Å²) in [5.41, 5.74) is 4.60. The van der Waals surface area contributed by atoms with Crippen molar-refractivity contribution in [3.63, 3.8) is 0 Å². The van der Waals surface area contributed by atoms with Crippen LogP contribution in [0.2, 0.25) is 0 Å². The third-order valence-electron chi connectivity index (χ3n) is 5.97. The van der Waals surface area contributed by atoms with Crippen molar-refractivity contribution in [2.24, 2.45) is 4.99 Å². The van der Waals surface area contributed by atoms with E-state index in [2.05, 4.69) is 41.3 Å². The number of nitrogens with zero attached hydrogens (tertiary/aromatic N) is 5. The lowest BCUT2D eigenvalue weighted by molar-refractivity contribution is -0.113. The highest BCUT2D eigenvalue weighted by Crippen LogP contribution is 2.30. The zero-order valence-corrected chi connectivity index (χ0v) is 21.1. The number of amidine groups is 1. The lowest BCUT2D eigenvalue weighted by Gasteiger charge is -2.18. The molecule has 0 bridgehead atoms. The minimum atomic E-state index is -0.235. The standard InChI is InChI=1S/C28H25N5O2S/c1-18(2)21-12-10-20(11-13-21)16-25-27(35)33(22-14-8-19(3)9-15-22)28(29-25)36-17-32-26(34)23-6-4-5-7-24(23)30-31-32/h4-16,18H,17H2,1-3H3/b25-16+. The SMILES string of the molecule is Cc1ccc(N2C(=O)/C(=C\c3ccc(C(C)C)cc3)N=C2SCn2nnc3ccccc3c2=O)cc1. The molecule has 180 valence electrons. The van der Waals surface area contributed by atoms with Gasteiger partial charge in [-0.15, -0.1) is 5.10 Å². The lowest BCUT2D eigenvalue weighted by atomic mass is 10.0. The second-order valence-corrected chi connectivity index (χ2v) is 9.82. The largest absolute Gasteiger partial charge is 0.283 e. The van der Waals surface area contributed by atoms with Gasteiger partial charge in [0.1, 0.15) is 11.2 Å². The monoisotopic (exact) mass is 495 g/mol. The first-order chi connectivity index (χ1) is 17.4. The highest BCUT2D eigenvalue weighted by atomic mass is 32.2. The Morgan fingerprint density at radius 2 is 1.67 bits per heavy atom. The number of aromatic nitrogens is 3. The highest BCUT2D eigenvalue weighted by molar-refractivity contribution is 8.13. The van der Waals surface area contributed by atoms with E-state index >= 15 is 0 Å². The number of benzene rings is 3. The normalized spacial score (nSPS) is 14.8. The summed E-state index contributed by atoms with van der Waals surface area (Å²) in [7, 11) is 0. The third-order valence-corrected chi connectivity index (χ3v) is 6.88. The van der Waals surface area contributed by atoms with Crippen LogP contribution in [0.4, 0.5) is 5.69 Å². The predicted octanol–water partition coefficient (Wildman–Crippen LogP) is 5.36. The van der Waals surface area contributed by atoms with Gasteiger partial charge in [0.25, 0.3) is 11.5 Å². The second kappa shape index (κ2) is 9.91. The number of fused-ring (bicyclic) bond motifs is 1. The lowest BCUT2D eigenvalue weighted by Crippen LogP contribution is -2.31. The molecule has 1 amide bonds. The molecule has 0 spiro atoms. The molecule has 4 aromatic rings. The van der Waals surface area contributed by atoms with Gasteiger partial charge in [0.2, 0.25) is 0 Å². The Balaban J connectivity index is 1.48. The first-order valence-corrected chi connectivity index (χ1v) is 12.7. The quantitative estimate of drug-likeness (QED) is 0.348. The van der Waals surface area contributed by atoms with Crippen molar-refractivity contribution in [3.05, 3.63) is 106 Å². The van der Waals surface area contributed by atoms with Crippen LogP contribution >= 0.6 is 11.8 Å². The van der Waals surface area contributed by atoms with Crippen molar-refractivity contribution in [1.29, 1.82) is 0 Å². The molecule has 0 unspecified atom stereocenters. The maximum atomic E-state index is 13.5. The topological polar surface area (TPSA) is 80.5 Å². The Morgan fingerprint density at radius 3 is 2.39 bits per heavy atom. The van der Waals surface area contributed by atoms with Crippen LogP contribution in [0.5, 0.6) is 0 Å². The maximum absolute atomic E-state index is 13.5. The van der Waals surface area contributed by atoms with Gasteiger partial charge in [-0.25, -0.2) is 4.99 Å². The van der Waals surface area contributed by atoms with Gasteiger partial charge in [-0.3, -0.25) is 14.5 Å². The maximum Gasteiger partial charge on any atom is 0.283 e. The number of thioether (sulfide) groups is 1. The van der Waals surface area contributed by atoms with Crippen molar-refractivity contribution in [2.75, 3.05) is 4.90 Å². The molecule has 5 rings (SSSR count). The Labute approximate surface area is 213 Å². The minimum absolute atomic E-state index is 0.168. The van der Waals surface area contributed by atoms with Crippen LogP contribution in [0.3, 0.4) is 0 Å². The highest BCUT2D eigenvalue weighted by Gasteiger charge is 2.32. The number of hydrogen-bond acceptors (Lipinski definition) is 6. The summed E-state index contributed by atoms with van der Waals surface area (Å²) in [6, 6.07) is 22.9. The molecule has 0 N–H and O–H groups in total. The van der Waals surface area contributed by atoms with E-state index in [-0.39, 0.29) is 17.3 Å². The molecule has 36 heavy (non-hydrogen) atoms. The van der Waals surface area contributed by atoms with E-state index in [0.717, 1.165) is 11.1 Å². The Morgan fingerprint density at radius 1 is 0.944 bits per heavy atom. The molecule has 0 radical (unpaired) electrons. The van der Waals surface area contributed by atoms with E-state index in [9.17, 15) is 9.59 Å². The molecule has 7 nitrogen and oxygen atoms in total. The molecular formula is C28H25N5O2S. The fourth-order valence-corrected chi connectivity index (χ4v) is 4.76. The van der Waals surface area contributed by atoms with Gasteiger partial charge in [0.15, 0.2) is 5.17 Å². The Hall–Kier alpha value is -4.04. The predicted molar refractivity (Wildman–Crippen MR) is 146 cm³/mol. The zero-order chi connectivity index (χ0) is 25.2. The minimum Gasteiger partial charge on any atom is -0.267 e. The van der Waals surface area contributed by atoms with Crippen LogP contribution in [0, 0.1) is 6.92 Å². The van der Waals surface area contributed by atoms with Gasteiger partial charge in [0, 0.05) is 0 Å². The van der Waals surface area contributed by atoms with Crippen LogP contribution < -0.4 is 10.5 Å². The summed E-state index contributed by atoms with van der Waals surface area (Å²) in [5.74, 6) is 0.382. The fourth-order valence-electron chi connectivity index (χ4n) is 3.88. The molecule has 1 aliphatic rings. The number of carbonyl (C=O) groups is 1. The van der Waals surface area contributed by atoms with Crippen LogP contribution in [0.1, 0.15) is 36.5 Å². The van der Waals surface area contributed by atoms with E-state index in [4.69, 9.17) is 0 Å². The van der Waals surface area contributed by atoms with Crippen molar-refractivity contribution in [2.45, 2.75) is 32.6 Å². The molecule has 1 aliphatic heterocycles. The second-order valence-electron chi connectivity index (χ2n) is 8.91. The molecule has 2 heterocycles. The first kappa shape index (κ1) is 23.7. The van der Waals surface area contributed by atoms with Crippen molar-refractivity contribution < 1.29 is 4.79 Å². The van der Waals surface area contributed by atoms with Crippen molar-refractivity contribution in [3.8, 4) is 0 Å². The number of rotatable bonds is 5. The summed E-state index contributed by atoms with van der Waals surface area (Å²) in [5, 5.41) is 9.19. The molecule has 0 saturated heterocycles. The third kappa shape index (κ3) is 4.72. The summed E-state index contributed by atoms with van der Waals surface area (Å²) in [6.07, 6.45) is 1.79. The van der Waals surface area contributed by atoms with E-state index in [1.165, 1.54) is 22.0 Å². The Kier molecular flexibility index (Phi) is 6.52. The summed E-state index contributed by atoms with van der Waals surface area (Å²) in [6.45, 7) is 6.29. The smallest absolute Gasteiger partial charge is 0.267 e. The molecule has 0 fully saturated rings. The number of aliphatic imine (C=N–C) groups is 1.